The normalized spacial score (nSPS) is 11.4. The van der Waals surface area contributed by atoms with Crippen LogP contribution in [-0.2, 0) is 9.84 Å². The molecule has 0 aliphatic heterocycles. The summed E-state index contributed by atoms with van der Waals surface area (Å²) in [5.74, 6) is 0. The third-order valence-corrected chi connectivity index (χ3v) is 5.64. The van der Waals surface area contributed by atoms with Crippen LogP contribution < -0.4 is 11.1 Å². The van der Waals surface area contributed by atoms with E-state index in [-0.39, 0.29) is 4.90 Å². The quantitative estimate of drug-likeness (QED) is 0.578. The highest BCUT2D eigenvalue weighted by Gasteiger charge is 2.12. The van der Waals surface area contributed by atoms with Crippen LogP contribution in [0.15, 0.2) is 39.7 Å². The molecule has 0 spiro atoms. The molecule has 4 nitrogen and oxygen atoms in total. The summed E-state index contributed by atoms with van der Waals surface area (Å²) in [5.41, 5.74) is 7.29. The fraction of sp³-hybridized carbons (Fsp3) is 0.0769. The standard InChI is InChI=1S/C13H11BrCl2N2O2S/c1-21(19,20)7-2-4-10(9(17)6-7)18-11-5-3-8(14)12(15)13(11)16/h2-6,18H,17H2,1H3. The van der Waals surface area contributed by atoms with Crippen LogP contribution in [0.4, 0.5) is 17.1 Å². The van der Waals surface area contributed by atoms with Gasteiger partial charge in [-0.3, -0.25) is 0 Å². The van der Waals surface area contributed by atoms with Crippen molar-refractivity contribution in [1.29, 1.82) is 0 Å². The molecule has 0 atom stereocenters. The van der Waals surface area contributed by atoms with Crippen LogP contribution in [0.2, 0.25) is 10.0 Å². The van der Waals surface area contributed by atoms with Crippen molar-refractivity contribution in [2.75, 3.05) is 17.3 Å². The van der Waals surface area contributed by atoms with Gasteiger partial charge in [-0.2, -0.15) is 0 Å². The fourth-order valence-electron chi connectivity index (χ4n) is 1.65. The van der Waals surface area contributed by atoms with Gasteiger partial charge in [0.15, 0.2) is 9.84 Å². The van der Waals surface area contributed by atoms with Gasteiger partial charge in [-0.15, -0.1) is 0 Å². The first-order valence-corrected chi connectivity index (χ1v) is 9.14. The van der Waals surface area contributed by atoms with Gasteiger partial charge in [0.1, 0.15) is 0 Å². The van der Waals surface area contributed by atoms with Crippen molar-refractivity contribution >= 4 is 66.0 Å². The minimum absolute atomic E-state index is 0.158. The second-order valence-corrected chi connectivity index (χ2v) is 8.00. The van der Waals surface area contributed by atoms with E-state index >= 15 is 0 Å². The minimum atomic E-state index is -3.30. The van der Waals surface area contributed by atoms with Gasteiger partial charge in [-0.1, -0.05) is 23.2 Å². The van der Waals surface area contributed by atoms with E-state index in [1.807, 2.05) is 0 Å². The van der Waals surface area contributed by atoms with Crippen LogP contribution in [0.3, 0.4) is 0 Å². The molecule has 3 N–H and O–H groups in total. The molecule has 0 saturated carbocycles. The Labute approximate surface area is 141 Å². The van der Waals surface area contributed by atoms with Gasteiger partial charge in [0.25, 0.3) is 0 Å². The highest BCUT2D eigenvalue weighted by molar-refractivity contribution is 9.10. The molecular weight excluding hydrogens is 399 g/mol. The van der Waals surface area contributed by atoms with Gasteiger partial charge in [0, 0.05) is 10.7 Å². The molecule has 8 heteroatoms. The van der Waals surface area contributed by atoms with E-state index in [1.54, 1.807) is 18.2 Å². The molecule has 0 heterocycles. The number of hydrogen-bond donors (Lipinski definition) is 2. The molecule has 2 rings (SSSR count). The van der Waals surface area contributed by atoms with Crippen LogP contribution in [0.5, 0.6) is 0 Å². The van der Waals surface area contributed by atoms with E-state index < -0.39 is 9.84 Å². The highest BCUT2D eigenvalue weighted by Crippen LogP contribution is 2.38. The van der Waals surface area contributed by atoms with Crippen molar-refractivity contribution in [3.05, 3.63) is 44.8 Å². The van der Waals surface area contributed by atoms with Crippen molar-refractivity contribution in [1.82, 2.24) is 0 Å². The molecule has 0 saturated heterocycles. The summed E-state index contributed by atoms with van der Waals surface area (Å²) in [6.07, 6.45) is 1.13. The lowest BCUT2D eigenvalue weighted by atomic mass is 10.2. The lowest BCUT2D eigenvalue weighted by Gasteiger charge is -2.13. The summed E-state index contributed by atoms with van der Waals surface area (Å²) >= 11 is 15.5. The number of benzene rings is 2. The largest absolute Gasteiger partial charge is 0.397 e. The number of sulfone groups is 1. The minimum Gasteiger partial charge on any atom is -0.397 e. The zero-order valence-electron chi connectivity index (χ0n) is 10.8. The number of nitrogens with one attached hydrogen (secondary N) is 1. The zero-order valence-corrected chi connectivity index (χ0v) is 14.7. The molecule has 0 fully saturated rings. The predicted molar refractivity (Wildman–Crippen MR) is 91.4 cm³/mol. The van der Waals surface area contributed by atoms with E-state index in [2.05, 4.69) is 21.2 Å². The zero-order chi connectivity index (χ0) is 15.8. The van der Waals surface area contributed by atoms with Gasteiger partial charge in [-0.25, -0.2) is 8.42 Å². The average Bonchev–Trinajstić information content (AvgIpc) is 2.40. The molecule has 0 unspecified atom stereocenters. The summed E-state index contributed by atoms with van der Waals surface area (Å²) in [7, 11) is -3.30. The molecule has 0 bridgehead atoms. The number of hydrogen-bond acceptors (Lipinski definition) is 4. The van der Waals surface area contributed by atoms with E-state index in [1.165, 1.54) is 12.1 Å². The van der Waals surface area contributed by atoms with Crippen molar-refractivity contribution in [3.8, 4) is 0 Å². The van der Waals surface area contributed by atoms with Crippen LogP contribution in [0, 0.1) is 0 Å². The third-order valence-electron chi connectivity index (χ3n) is 2.76. The number of nitrogen functional groups attached to an aromatic ring is 1. The molecule has 112 valence electrons. The number of rotatable bonds is 3. The Kier molecular flexibility index (Phi) is 4.72. The van der Waals surface area contributed by atoms with Gasteiger partial charge in [-0.05, 0) is 46.3 Å². The summed E-state index contributed by atoms with van der Waals surface area (Å²) < 4.78 is 23.6. The Bertz CT molecular complexity index is 810. The molecular formula is C13H11BrCl2N2O2S. The smallest absolute Gasteiger partial charge is 0.175 e. The number of nitrogens with two attached hydrogens (primary N) is 1. The van der Waals surface area contributed by atoms with Crippen LogP contribution in [-0.4, -0.2) is 14.7 Å². The molecule has 0 amide bonds. The first kappa shape index (κ1) is 16.4. The van der Waals surface area contributed by atoms with Gasteiger partial charge >= 0.3 is 0 Å². The van der Waals surface area contributed by atoms with Crippen molar-refractivity contribution in [2.45, 2.75) is 4.90 Å². The van der Waals surface area contributed by atoms with Gasteiger partial charge in [0.05, 0.1) is 32.0 Å². The van der Waals surface area contributed by atoms with E-state index in [0.717, 1.165) is 6.26 Å². The summed E-state index contributed by atoms with van der Waals surface area (Å²) in [5, 5.41) is 3.76. The summed E-state index contributed by atoms with van der Waals surface area (Å²) in [4.78, 5) is 0.158. The van der Waals surface area contributed by atoms with Crippen molar-refractivity contribution in [2.24, 2.45) is 0 Å². The predicted octanol–water partition coefficient (Wildman–Crippen LogP) is 4.49. The van der Waals surface area contributed by atoms with E-state index in [9.17, 15) is 8.42 Å². The Morgan fingerprint density at radius 2 is 1.71 bits per heavy atom. The maximum Gasteiger partial charge on any atom is 0.175 e. The molecule has 2 aromatic rings. The fourth-order valence-corrected chi connectivity index (χ4v) is 3.13. The Morgan fingerprint density at radius 1 is 1.10 bits per heavy atom. The van der Waals surface area contributed by atoms with Gasteiger partial charge in [0.2, 0.25) is 0 Å². The first-order chi connectivity index (χ1) is 9.70. The SMILES string of the molecule is CS(=O)(=O)c1ccc(Nc2ccc(Br)c(Cl)c2Cl)c(N)c1. The molecule has 0 aromatic heterocycles. The Hall–Kier alpha value is -0.950. The van der Waals surface area contributed by atoms with E-state index in [4.69, 9.17) is 28.9 Å². The molecule has 0 radical (unpaired) electrons. The Balaban J connectivity index is 2.40. The maximum absolute atomic E-state index is 11.5. The second-order valence-electron chi connectivity index (χ2n) is 4.37. The monoisotopic (exact) mass is 408 g/mol. The van der Waals surface area contributed by atoms with Gasteiger partial charge < -0.3 is 11.1 Å². The molecule has 0 aliphatic rings. The van der Waals surface area contributed by atoms with Crippen LogP contribution >= 0.6 is 39.1 Å². The van der Waals surface area contributed by atoms with Crippen LogP contribution in [0.1, 0.15) is 0 Å². The first-order valence-electron chi connectivity index (χ1n) is 5.70. The Morgan fingerprint density at radius 3 is 2.29 bits per heavy atom. The van der Waals surface area contributed by atoms with Crippen LogP contribution in [0.25, 0.3) is 0 Å². The molecule has 0 aliphatic carbocycles. The third kappa shape index (κ3) is 3.63. The number of halogens is 3. The lowest BCUT2D eigenvalue weighted by molar-refractivity contribution is 0.602. The topological polar surface area (TPSA) is 72.2 Å². The highest BCUT2D eigenvalue weighted by atomic mass is 79.9. The number of anilines is 3. The summed E-state index contributed by atoms with van der Waals surface area (Å²) in [6.45, 7) is 0. The molecule has 21 heavy (non-hydrogen) atoms. The summed E-state index contributed by atoms with van der Waals surface area (Å²) in [6, 6.07) is 7.94. The maximum atomic E-state index is 11.5. The molecule has 2 aromatic carbocycles. The van der Waals surface area contributed by atoms with Crippen molar-refractivity contribution in [3.63, 3.8) is 0 Å². The average molecular weight is 410 g/mol. The second kappa shape index (κ2) is 6.04. The van der Waals surface area contributed by atoms with E-state index in [0.29, 0.717) is 31.6 Å². The lowest BCUT2D eigenvalue weighted by Crippen LogP contribution is -2.01. The van der Waals surface area contributed by atoms with Crippen molar-refractivity contribution < 1.29 is 8.42 Å².